The van der Waals surface area contributed by atoms with Crippen molar-refractivity contribution in [2.45, 2.75) is 6.92 Å². The maximum absolute atomic E-state index is 5.83. The first kappa shape index (κ1) is 7.10. The normalized spacial score (nSPS) is 9.67. The molecule has 0 radical (unpaired) electrons. The van der Waals surface area contributed by atoms with Crippen LogP contribution in [0.3, 0.4) is 0 Å². The lowest BCUT2D eigenvalue weighted by Crippen LogP contribution is -1.73. The lowest BCUT2D eigenvalue weighted by molar-refractivity contribution is 1.45. The zero-order chi connectivity index (χ0) is 6.85. The molecule has 0 atom stereocenters. The van der Waals surface area contributed by atoms with Crippen LogP contribution in [0.5, 0.6) is 0 Å². The van der Waals surface area contributed by atoms with Crippen molar-refractivity contribution < 1.29 is 0 Å². The molecule has 0 bridgehead atoms. The topological polar surface area (TPSA) is 0 Å². The predicted octanol–water partition coefficient (Wildman–Crippen LogP) is 3.41. The van der Waals surface area contributed by atoms with Gasteiger partial charge in [-0.2, -0.15) is 0 Å². The maximum Gasteiger partial charge on any atom is 0.0577 e. The molecule has 0 amide bonds. The Balaban J connectivity index is 3.25. The fourth-order valence-electron chi connectivity index (χ4n) is 0.612. The molecule has 0 saturated heterocycles. The second-order valence-corrected chi connectivity index (χ2v) is 3.10. The summed E-state index contributed by atoms with van der Waals surface area (Å²) in [6.07, 6.45) is 0. The molecule has 0 aliphatic carbocycles. The van der Waals surface area contributed by atoms with Crippen LogP contribution < -0.4 is 0 Å². The van der Waals surface area contributed by atoms with Crippen LogP contribution in [0.2, 0.25) is 5.02 Å². The molecule has 1 aromatic rings. The number of rotatable bonds is 0. The first-order chi connectivity index (χ1) is 4.22. The largest absolute Gasteiger partial charge is 0.0828 e. The molecule has 0 saturated carbocycles. The Morgan fingerprint density at radius 1 is 1.44 bits per heavy atom. The minimum Gasteiger partial charge on any atom is -0.0828 e. The summed E-state index contributed by atoms with van der Waals surface area (Å²) in [7, 11) is 0. The van der Waals surface area contributed by atoms with Crippen LogP contribution in [0.25, 0.3) is 0 Å². The van der Waals surface area contributed by atoms with Crippen molar-refractivity contribution in [3.8, 4) is 0 Å². The third-order valence-corrected chi connectivity index (χ3v) is 2.54. The van der Waals surface area contributed by atoms with E-state index in [1.165, 1.54) is 0 Å². The Labute approximate surface area is 68.0 Å². The van der Waals surface area contributed by atoms with E-state index in [4.69, 9.17) is 11.6 Å². The molecule has 0 unspecified atom stereocenters. The third-order valence-electron chi connectivity index (χ3n) is 1.14. The Bertz CT molecular complexity index is 200. The van der Waals surface area contributed by atoms with Gasteiger partial charge in [0.1, 0.15) is 0 Å². The SMILES string of the molecule is Cc1cccc(Br)c1Cl. The quantitative estimate of drug-likeness (QED) is 0.609. The molecule has 9 heavy (non-hydrogen) atoms. The molecule has 0 N–H and O–H groups in total. The molecule has 0 spiro atoms. The van der Waals surface area contributed by atoms with Gasteiger partial charge in [0.2, 0.25) is 0 Å². The van der Waals surface area contributed by atoms with Crippen LogP contribution in [0.4, 0.5) is 0 Å². The van der Waals surface area contributed by atoms with Gasteiger partial charge in [0.25, 0.3) is 0 Å². The smallest absolute Gasteiger partial charge is 0.0577 e. The van der Waals surface area contributed by atoms with Crippen molar-refractivity contribution >= 4 is 27.5 Å². The molecule has 2 heteroatoms. The van der Waals surface area contributed by atoms with E-state index in [0.717, 1.165) is 15.1 Å². The number of hydrogen-bond donors (Lipinski definition) is 0. The van der Waals surface area contributed by atoms with Gasteiger partial charge < -0.3 is 0 Å². The third kappa shape index (κ3) is 1.46. The Kier molecular flexibility index (Phi) is 2.14. The highest BCUT2D eigenvalue weighted by atomic mass is 79.9. The van der Waals surface area contributed by atoms with Crippen LogP contribution in [0.1, 0.15) is 5.56 Å². The Morgan fingerprint density at radius 2 is 2.11 bits per heavy atom. The molecule has 0 aliphatic heterocycles. The summed E-state index contributed by atoms with van der Waals surface area (Å²) in [4.78, 5) is 0. The van der Waals surface area contributed by atoms with Crippen molar-refractivity contribution in [1.29, 1.82) is 0 Å². The molecule has 0 nitrogen and oxygen atoms in total. The summed E-state index contributed by atoms with van der Waals surface area (Å²) in [5, 5.41) is 0.803. The van der Waals surface area contributed by atoms with E-state index in [-0.39, 0.29) is 0 Å². The maximum atomic E-state index is 5.83. The number of hydrogen-bond acceptors (Lipinski definition) is 0. The second kappa shape index (κ2) is 2.72. The minimum absolute atomic E-state index is 0.803. The standard InChI is InChI=1S/C7H6BrCl/c1-5-3-2-4-6(8)7(5)9/h2-4H,1H3. The highest BCUT2D eigenvalue weighted by Crippen LogP contribution is 2.24. The number of benzene rings is 1. The Morgan fingerprint density at radius 3 is 2.56 bits per heavy atom. The summed E-state index contributed by atoms with van der Waals surface area (Å²) in [5.41, 5.74) is 1.10. The van der Waals surface area contributed by atoms with E-state index in [1.54, 1.807) is 0 Å². The first-order valence-electron chi connectivity index (χ1n) is 2.62. The first-order valence-corrected chi connectivity index (χ1v) is 3.79. The van der Waals surface area contributed by atoms with Crippen molar-refractivity contribution in [2.24, 2.45) is 0 Å². The molecule has 0 aliphatic rings. The fourth-order valence-corrected chi connectivity index (χ4v) is 1.20. The van der Waals surface area contributed by atoms with Crippen LogP contribution in [0, 0.1) is 6.92 Å². The van der Waals surface area contributed by atoms with Crippen LogP contribution in [0.15, 0.2) is 22.7 Å². The molecule has 1 rings (SSSR count). The Hall–Kier alpha value is -0.0100. The van der Waals surface area contributed by atoms with Crippen LogP contribution in [-0.4, -0.2) is 0 Å². The van der Waals surface area contributed by atoms with Gasteiger partial charge in [0.15, 0.2) is 0 Å². The molecule has 0 heterocycles. The van der Waals surface area contributed by atoms with Gasteiger partial charge in [-0.15, -0.1) is 0 Å². The van der Waals surface area contributed by atoms with Crippen molar-refractivity contribution in [3.63, 3.8) is 0 Å². The molecule has 48 valence electrons. The van der Waals surface area contributed by atoms with Gasteiger partial charge in [-0.3, -0.25) is 0 Å². The number of halogens is 2. The lowest BCUT2D eigenvalue weighted by atomic mass is 10.2. The van der Waals surface area contributed by atoms with Crippen molar-refractivity contribution in [3.05, 3.63) is 33.3 Å². The highest BCUT2D eigenvalue weighted by molar-refractivity contribution is 9.10. The molecule has 0 fully saturated rings. The highest BCUT2D eigenvalue weighted by Gasteiger charge is 1.96. The van der Waals surface area contributed by atoms with Crippen molar-refractivity contribution in [1.82, 2.24) is 0 Å². The van der Waals surface area contributed by atoms with Crippen LogP contribution >= 0.6 is 27.5 Å². The van der Waals surface area contributed by atoms with E-state index < -0.39 is 0 Å². The van der Waals surface area contributed by atoms with Gasteiger partial charge in [-0.1, -0.05) is 23.7 Å². The zero-order valence-corrected chi connectivity index (χ0v) is 7.33. The van der Waals surface area contributed by atoms with Gasteiger partial charge in [-0.25, -0.2) is 0 Å². The van der Waals surface area contributed by atoms with Gasteiger partial charge >= 0.3 is 0 Å². The van der Waals surface area contributed by atoms with Gasteiger partial charge in [0, 0.05) is 4.47 Å². The summed E-state index contributed by atoms with van der Waals surface area (Å²) in [6.45, 7) is 1.98. The fraction of sp³-hybridized carbons (Fsp3) is 0.143. The van der Waals surface area contributed by atoms with Crippen molar-refractivity contribution in [2.75, 3.05) is 0 Å². The summed E-state index contributed by atoms with van der Waals surface area (Å²) in [5.74, 6) is 0. The average molecular weight is 205 g/mol. The van der Waals surface area contributed by atoms with Crippen LogP contribution in [-0.2, 0) is 0 Å². The van der Waals surface area contributed by atoms with E-state index in [1.807, 2.05) is 25.1 Å². The lowest BCUT2D eigenvalue weighted by Gasteiger charge is -1.96. The van der Waals surface area contributed by atoms with Gasteiger partial charge in [0.05, 0.1) is 5.02 Å². The average Bonchev–Trinajstić information content (AvgIpc) is 1.83. The molecular formula is C7H6BrCl. The minimum atomic E-state index is 0.803. The van der Waals surface area contributed by atoms with E-state index in [2.05, 4.69) is 15.9 Å². The summed E-state index contributed by atoms with van der Waals surface area (Å²) < 4.78 is 0.962. The molecule has 0 aromatic heterocycles. The van der Waals surface area contributed by atoms with E-state index in [0.29, 0.717) is 0 Å². The van der Waals surface area contributed by atoms with E-state index >= 15 is 0 Å². The molecular weight excluding hydrogens is 199 g/mol. The zero-order valence-electron chi connectivity index (χ0n) is 4.99. The molecule has 1 aromatic carbocycles. The second-order valence-electron chi connectivity index (χ2n) is 1.87. The summed E-state index contributed by atoms with van der Waals surface area (Å²) >= 11 is 9.14. The van der Waals surface area contributed by atoms with Gasteiger partial charge in [-0.05, 0) is 34.5 Å². The monoisotopic (exact) mass is 204 g/mol. The number of aryl methyl sites for hydroxylation is 1. The van der Waals surface area contributed by atoms with E-state index in [9.17, 15) is 0 Å². The predicted molar refractivity (Wildman–Crippen MR) is 43.9 cm³/mol. The summed E-state index contributed by atoms with van der Waals surface area (Å²) in [6, 6.07) is 5.87.